The molecule has 0 spiro atoms. The van der Waals surface area contributed by atoms with E-state index in [0.29, 0.717) is 6.54 Å². The van der Waals surface area contributed by atoms with Crippen LogP contribution in [0.15, 0.2) is 36.5 Å². The molecule has 0 radical (unpaired) electrons. The number of aromatic nitrogens is 2. The van der Waals surface area contributed by atoms with Crippen molar-refractivity contribution in [3.63, 3.8) is 0 Å². The highest BCUT2D eigenvalue weighted by Gasteiger charge is 2.26. The molecule has 8 heteroatoms. The van der Waals surface area contributed by atoms with Crippen LogP contribution in [-0.2, 0) is 22.6 Å². The number of esters is 1. The lowest BCUT2D eigenvalue weighted by molar-refractivity contribution is -0.147. The first kappa shape index (κ1) is 22.3. The van der Waals surface area contributed by atoms with Crippen molar-refractivity contribution in [1.82, 2.24) is 20.0 Å². The Morgan fingerprint density at radius 1 is 1.33 bits per heavy atom. The molecule has 1 aliphatic rings. The maximum atomic E-state index is 11.6. The van der Waals surface area contributed by atoms with E-state index in [4.69, 9.17) is 9.47 Å². The van der Waals surface area contributed by atoms with E-state index in [1.165, 1.54) is 7.11 Å². The zero-order valence-corrected chi connectivity index (χ0v) is 17.8. The number of rotatable bonds is 10. The molecular weight excluding hydrogens is 384 g/mol. The summed E-state index contributed by atoms with van der Waals surface area (Å²) in [4.78, 5) is 16.0. The van der Waals surface area contributed by atoms with E-state index in [0.717, 1.165) is 56.0 Å². The van der Waals surface area contributed by atoms with Crippen LogP contribution in [-0.4, -0.2) is 77.6 Å². The number of aromatic amines is 1. The number of nitrogens with one attached hydrogen (secondary N) is 1. The van der Waals surface area contributed by atoms with E-state index in [9.17, 15) is 9.90 Å². The second kappa shape index (κ2) is 11.1. The smallest absolute Gasteiger partial charge is 0.308 e. The average molecular weight is 417 g/mol. The molecule has 0 amide bonds. The van der Waals surface area contributed by atoms with Crippen LogP contribution in [0.5, 0.6) is 5.75 Å². The Bertz CT molecular complexity index is 775. The van der Waals surface area contributed by atoms with E-state index in [1.54, 1.807) is 6.20 Å². The first-order chi connectivity index (χ1) is 14.5. The van der Waals surface area contributed by atoms with Crippen molar-refractivity contribution in [2.75, 3.05) is 40.4 Å². The third-order valence-electron chi connectivity index (χ3n) is 5.38. The number of benzene rings is 1. The van der Waals surface area contributed by atoms with Gasteiger partial charge in [-0.05, 0) is 56.7 Å². The van der Waals surface area contributed by atoms with Crippen LogP contribution in [0.4, 0.5) is 0 Å². The highest BCUT2D eigenvalue weighted by molar-refractivity contribution is 5.72. The summed E-state index contributed by atoms with van der Waals surface area (Å²) in [6.07, 6.45) is 2.72. The number of nitrogens with zero attached hydrogens (tertiary/aromatic N) is 3. The van der Waals surface area contributed by atoms with Gasteiger partial charge in [0.25, 0.3) is 0 Å². The molecule has 1 atom stereocenters. The third-order valence-corrected chi connectivity index (χ3v) is 5.38. The van der Waals surface area contributed by atoms with Gasteiger partial charge >= 0.3 is 5.97 Å². The van der Waals surface area contributed by atoms with Crippen molar-refractivity contribution in [3.05, 3.63) is 47.8 Å². The van der Waals surface area contributed by atoms with E-state index in [2.05, 4.69) is 33.1 Å². The number of β-amino-alcohol motifs (C(OH)–C–C–N with tert-alkyl or cyclic N) is 1. The molecule has 0 aliphatic carbocycles. The summed E-state index contributed by atoms with van der Waals surface area (Å²) < 4.78 is 10.6. The zero-order chi connectivity index (χ0) is 21.3. The first-order valence-electron chi connectivity index (χ1n) is 10.4. The molecule has 1 aliphatic heterocycles. The normalized spacial score (nSPS) is 16.5. The monoisotopic (exact) mass is 416 g/mol. The highest BCUT2D eigenvalue weighted by Crippen LogP contribution is 2.19. The lowest BCUT2D eigenvalue weighted by atomic mass is 9.97. The van der Waals surface area contributed by atoms with E-state index >= 15 is 0 Å². The highest BCUT2D eigenvalue weighted by atomic mass is 16.5. The van der Waals surface area contributed by atoms with Gasteiger partial charge in [0.05, 0.1) is 13.0 Å². The van der Waals surface area contributed by atoms with Crippen LogP contribution < -0.4 is 4.74 Å². The average Bonchev–Trinajstić information content (AvgIpc) is 3.25. The topological polar surface area (TPSA) is 90.9 Å². The fourth-order valence-electron chi connectivity index (χ4n) is 3.83. The molecule has 8 nitrogen and oxygen atoms in total. The van der Waals surface area contributed by atoms with Gasteiger partial charge in [-0.15, -0.1) is 0 Å². The van der Waals surface area contributed by atoms with Crippen LogP contribution in [0.25, 0.3) is 0 Å². The summed E-state index contributed by atoms with van der Waals surface area (Å²) in [7, 11) is 3.49. The van der Waals surface area contributed by atoms with Crippen molar-refractivity contribution in [2.45, 2.75) is 32.0 Å². The van der Waals surface area contributed by atoms with Crippen molar-refractivity contribution in [1.29, 1.82) is 0 Å². The Hall–Kier alpha value is -2.42. The van der Waals surface area contributed by atoms with Crippen LogP contribution in [0.2, 0.25) is 0 Å². The Morgan fingerprint density at radius 2 is 2.13 bits per heavy atom. The summed E-state index contributed by atoms with van der Waals surface area (Å²) >= 11 is 0. The fourth-order valence-corrected chi connectivity index (χ4v) is 3.83. The molecule has 3 rings (SSSR count). The molecule has 1 aromatic heterocycles. The Kier molecular flexibility index (Phi) is 8.24. The molecule has 2 aromatic rings. The SMILES string of the molecule is COC(=O)C1CCN(C[C@H](O)COc2cccc(CN(C)Cc3ccn[nH]3)c2)CC1. The van der Waals surface area contributed by atoms with Crippen molar-refractivity contribution in [3.8, 4) is 5.75 Å². The lowest BCUT2D eigenvalue weighted by Gasteiger charge is -2.31. The number of likely N-dealkylation sites (tertiary alicyclic amines) is 1. The van der Waals surface area contributed by atoms with E-state index in [1.807, 2.05) is 24.3 Å². The molecule has 1 fully saturated rings. The minimum Gasteiger partial charge on any atom is -0.491 e. The maximum Gasteiger partial charge on any atom is 0.308 e. The van der Waals surface area contributed by atoms with Crippen molar-refractivity contribution < 1.29 is 19.4 Å². The van der Waals surface area contributed by atoms with E-state index < -0.39 is 6.10 Å². The fraction of sp³-hybridized carbons (Fsp3) is 0.545. The number of hydrogen-bond acceptors (Lipinski definition) is 7. The Morgan fingerprint density at radius 3 is 2.83 bits per heavy atom. The zero-order valence-electron chi connectivity index (χ0n) is 17.8. The van der Waals surface area contributed by atoms with Gasteiger partial charge in [-0.1, -0.05) is 12.1 Å². The summed E-state index contributed by atoms with van der Waals surface area (Å²) in [5, 5.41) is 17.3. The number of methoxy groups -OCH3 is 1. The molecule has 164 valence electrons. The largest absolute Gasteiger partial charge is 0.491 e. The number of carbonyl (C=O) groups is 1. The minimum atomic E-state index is -0.577. The number of piperidine rings is 1. The summed E-state index contributed by atoms with van der Waals surface area (Å²) in [6, 6.07) is 9.93. The Balaban J connectivity index is 1.40. The minimum absolute atomic E-state index is 0.0196. The number of ether oxygens (including phenoxy) is 2. The second-order valence-corrected chi connectivity index (χ2v) is 7.96. The molecule has 0 saturated carbocycles. The molecule has 0 unspecified atom stereocenters. The van der Waals surface area contributed by atoms with Crippen LogP contribution in [0.3, 0.4) is 0 Å². The quantitative estimate of drug-likeness (QED) is 0.569. The second-order valence-electron chi connectivity index (χ2n) is 7.96. The number of carbonyl (C=O) groups excluding carboxylic acids is 1. The molecule has 0 bridgehead atoms. The molecule has 1 aromatic carbocycles. The first-order valence-corrected chi connectivity index (χ1v) is 10.4. The van der Waals surface area contributed by atoms with Gasteiger partial charge in [-0.3, -0.25) is 14.8 Å². The van der Waals surface area contributed by atoms with Gasteiger partial charge in [0, 0.05) is 31.5 Å². The van der Waals surface area contributed by atoms with Gasteiger partial charge in [0.2, 0.25) is 0 Å². The predicted octanol–water partition coefficient (Wildman–Crippen LogP) is 1.67. The summed E-state index contributed by atoms with van der Waals surface area (Å²) in [5.74, 6) is 0.605. The van der Waals surface area contributed by atoms with Crippen molar-refractivity contribution >= 4 is 5.97 Å². The van der Waals surface area contributed by atoms with Gasteiger partial charge in [0.15, 0.2) is 0 Å². The van der Waals surface area contributed by atoms with Crippen molar-refractivity contribution in [2.24, 2.45) is 5.92 Å². The van der Waals surface area contributed by atoms with Gasteiger partial charge < -0.3 is 19.5 Å². The summed E-state index contributed by atoms with van der Waals surface area (Å²) in [5.41, 5.74) is 2.22. The predicted molar refractivity (Wildman–Crippen MR) is 113 cm³/mol. The van der Waals surface area contributed by atoms with Crippen LogP contribution >= 0.6 is 0 Å². The van der Waals surface area contributed by atoms with Gasteiger partial charge in [0.1, 0.15) is 18.5 Å². The molecule has 30 heavy (non-hydrogen) atoms. The number of aliphatic hydroxyl groups is 1. The van der Waals surface area contributed by atoms with Crippen LogP contribution in [0, 0.1) is 5.92 Å². The van der Waals surface area contributed by atoms with Crippen LogP contribution in [0.1, 0.15) is 24.1 Å². The molecule has 2 N–H and O–H groups in total. The van der Waals surface area contributed by atoms with Gasteiger partial charge in [-0.25, -0.2) is 0 Å². The van der Waals surface area contributed by atoms with Gasteiger partial charge in [-0.2, -0.15) is 5.10 Å². The standard InChI is InChI=1S/C22H32N4O4/c1-25(14-19-6-9-23-24-19)13-17-4-3-5-21(12-17)30-16-20(27)15-26-10-7-18(8-11-26)22(28)29-2/h3-6,9,12,18,20,27H,7-8,10-11,13-16H2,1-2H3,(H,23,24)/t20-/m0/s1. The Labute approximate surface area is 177 Å². The third kappa shape index (κ3) is 6.83. The molecule has 2 heterocycles. The number of hydrogen-bond donors (Lipinski definition) is 2. The summed E-state index contributed by atoms with van der Waals surface area (Å²) in [6.45, 7) is 3.93. The van der Waals surface area contributed by atoms with E-state index in [-0.39, 0.29) is 18.5 Å². The number of H-pyrrole nitrogens is 1. The molecule has 1 saturated heterocycles. The number of aliphatic hydroxyl groups excluding tert-OH is 1. The lowest BCUT2D eigenvalue weighted by Crippen LogP contribution is -2.42. The maximum absolute atomic E-state index is 11.6. The molecular formula is C22H32N4O4.